The number of allylic oxidation sites excluding steroid dienone is 3. The Hall–Kier alpha value is -9.12. The van der Waals surface area contributed by atoms with E-state index >= 15 is 0 Å². The lowest BCUT2D eigenvalue weighted by atomic mass is 10.1. The maximum atomic E-state index is 14.0. The number of anilines is 2. The minimum absolute atomic E-state index is 0.0143. The number of aromatic nitrogens is 6. The number of aliphatic carboxylic acids is 1. The number of thioether (sulfide) groups is 1. The molecule has 432 valence electrons. The number of nitrogens with one attached hydrogen (secondary N) is 3. The van der Waals surface area contributed by atoms with Crippen LogP contribution in [0.2, 0.25) is 0 Å². The Labute approximate surface area is 468 Å². The van der Waals surface area contributed by atoms with Crippen molar-refractivity contribution in [1.82, 2.24) is 44.0 Å². The molecule has 4 heterocycles. The fraction of sp³-hybridized carbons (Fsp3) is 0.404. The molecule has 1 aliphatic rings. The molecule has 28 nitrogen and oxygen atoms in total. The number of aryl methyl sites for hydroxylation is 2. The number of likely N-dealkylation sites (N-methyl/N-ethyl adjacent to an activating group) is 1. The highest BCUT2D eigenvalue weighted by Gasteiger charge is 2.39. The van der Waals surface area contributed by atoms with Crippen molar-refractivity contribution in [3.63, 3.8) is 0 Å². The molecule has 1 aliphatic heterocycles. The summed E-state index contributed by atoms with van der Waals surface area (Å²) in [4.78, 5) is 131. The van der Waals surface area contributed by atoms with Crippen molar-refractivity contribution in [1.29, 1.82) is 0 Å². The number of imidazole rings is 2. The van der Waals surface area contributed by atoms with Gasteiger partial charge >= 0.3 is 5.97 Å². The van der Waals surface area contributed by atoms with E-state index in [2.05, 4.69) is 31.0 Å². The quantitative estimate of drug-likeness (QED) is 0.0151. The summed E-state index contributed by atoms with van der Waals surface area (Å²) in [6, 6.07) is 5.24. The van der Waals surface area contributed by atoms with Crippen LogP contribution in [0, 0.1) is 6.92 Å². The van der Waals surface area contributed by atoms with E-state index in [0.29, 0.717) is 29.0 Å². The number of primary amides is 2. The molecular formula is C52H66N16O12S. The molecule has 0 aliphatic carbocycles. The molecular weight excluding hydrogens is 1070 g/mol. The highest BCUT2D eigenvalue weighted by Crippen LogP contribution is 2.33. The van der Waals surface area contributed by atoms with Gasteiger partial charge in [0.05, 0.1) is 35.7 Å². The lowest BCUT2D eigenvalue weighted by molar-refractivity contribution is -0.140. The van der Waals surface area contributed by atoms with Crippen LogP contribution in [0.3, 0.4) is 0 Å². The minimum Gasteiger partial charge on any atom is -0.494 e. The molecule has 12 N–H and O–H groups in total. The van der Waals surface area contributed by atoms with Crippen LogP contribution >= 0.6 is 11.8 Å². The third-order valence-electron chi connectivity index (χ3n) is 12.5. The third kappa shape index (κ3) is 15.0. The van der Waals surface area contributed by atoms with E-state index in [0.717, 1.165) is 16.7 Å². The first-order chi connectivity index (χ1) is 38.5. The number of likely N-dealkylation sites (tertiary alicyclic amines) is 1. The molecule has 0 spiro atoms. The molecule has 5 aromatic rings. The largest absolute Gasteiger partial charge is 0.494 e. The number of carbonyl (C=O) groups excluding carboxylic acids is 8. The molecule has 29 heteroatoms. The smallest absolute Gasteiger partial charge is 0.321 e. The monoisotopic (exact) mass is 1140 g/mol. The van der Waals surface area contributed by atoms with Gasteiger partial charge in [-0.05, 0) is 77.4 Å². The number of aliphatic imine (C=N–C) groups is 1. The Balaban J connectivity index is 1.22. The second kappa shape index (κ2) is 27.2. The number of hydrogen-bond acceptors (Lipinski definition) is 18. The summed E-state index contributed by atoms with van der Waals surface area (Å²) in [5, 5.41) is 20.9. The number of carbonyl (C=O) groups is 9. The molecule has 0 bridgehead atoms. The maximum Gasteiger partial charge on any atom is 0.321 e. The lowest BCUT2D eigenvalue weighted by Gasteiger charge is -2.22. The Morgan fingerprint density at radius 2 is 1.53 bits per heavy atom. The van der Waals surface area contributed by atoms with Gasteiger partial charge < -0.3 is 56.9 Å². The van der Waals surface area contributed by atoms with Crippen molar-refractivity contribution in [3.8, 4) is 11.5 Å². The summed E-state index contributed by atoms with van der Waals surface area (Å²) in [7, 11) is 2.94. The van der Waals surface area contributed by atoms with Crippen molar-refractivity contribution in [2.24, 2.45) is 27.9 Å². The van der Waals surface area contributed by atoms with Gasteiger partial charge in [0.2, 0.25) is 47.3 Å². The summed E-state index contributed by atoms with van der Waals surface area (Å²) >= 11 is 0.962. The van der Waals surface area contributed by atoms with E-state index in [1.807, 2.05) is 6.92 Å². The molecule has 3 aromatic heterocycles. The second-order valence-electron chi connectivity index (χ2n) is 18.7. The van der Waals surface area contributed by atoms with Crippen LogP contribution in [0.15, 0.2) is 59.2 Å². The van der Waals surface area contributed by atoms with E-state index < -0.39 is 70.6 Å². The SMILES string of the molecule is CCN=C(/C=C(/C)N)C(=O)Nc1nc2cc(C(N)=O)cc(OC)c2n1C/C=C/Cn1c(NC(=O)c2cc(C)nn2CC)nc2cc(C(N)=O)cc(OCCCN(C)C(=O)[C@H](C)NC(=O)CCN3C(=O)CC(SCC(N)C(=O)O)C3=O)c21. The summed E-state index contributed by atoms with van der Waals surface area (Å²) in [5.41, 5.74) is 25.6. The number of carboxylic acids is 1. The average Bonchev–Trinajstić information content (AvgIpc) is 4.37. The lowest BCUT2D eigenvalue weighted by Crippen LogP contribution is -2.46. The van der Waals surface area contributed by atoms with E-state index in [-0.39, 0.29) is 121 Å². The van der Waals surface area contributed by atoms with E-state index in [1.165, 1.54) is 61.0 Å². The highest BCUT2D eigenvalue weighted by atomic mass is 32.2. The standard InChI is InChI=1S/C52H66N16O12S/c1-8-57-35(19-27(3)53)46(73)61-51-59-33-21-30(44(55)71)23-37(79-7)42(33)66(51)15-10-11-16-67-43-34(60-52(67)62-47(74)36-20-28(4)63-68(36)9-2)22-31(45(56)72)24-38(43)80-18-12-14-64(6)48(75)29(5)58-40(69)13-17-65-41(70)25-39(49(65)76)81-26-32(54)50(77)78/h10-11,19-24,29,32,39H,8-9,12-18,25-26,53-54H2,1-7H3,(H2,55,71)(H2,56,72)(H,58,69)(H,77,78)(H,59,61,73)(H,60,62,74)/b11-10+,27-19-,57-35?/t29-,32?,39?/m0/s1. The molecule has 3 atom stereocenters. The van der Waals surface area contributed by atoms with Crippen LogP contribution in [0.25, 0.3) is 22.1 Å². The van der Waals surface area contributed by atoms with Crippen molar-refractivity contribution < 1.29 is 57.7 Å². The van der Waals surface area contributed by atoms with Gasteiger partial charge in [0.1, 0.15) is 46.0 Å². The number of nitrogens with zero attached hydrogens (tertiary/aromatic N) is 9. The zero-order valence-electron chi connectivity index (χ0n) is 45.8. The number of methoxy groups -OCH3 is 1. The number of benzene rings is 2. The molecule has 2 aromatic carbocycles. The van der Waals surface area contributed by atoms with Gasteiger partial charge in [0.25, 0.3) is 11.8 Å². The normalized spacial score (nSPS) is 14.6. The average molecular weight is 1140 g/mol. The number of carboxylic acid groups (broad SMARTS) is 1. The first-order valence-electron chi connectivity index (χ1n) is 25.6. The van der Waals surface area contributed by atoms with Crippen LogP contribution in [0.1, 0.15) is 83.9 Å². The number of amides is 8. The highest BCUT2D eigenvalue weighted by molar-refractivity contribution is 8.00. The van der Waals surface area contributed by atoms with Crippen LogP contribution in [0.4, 0.5) is 11.9 Å². The number of imide groups is 1. The van der Waals surface area contributed by atoms with Gasteiger partial charge in [-0.2, -0.15) is 5.10 Å². The Kier molecular flexibility index (Phi) is 20.5. The van der Waals surface area contributed by atoms with E-state index in [4.69, 9.17) is 42.5 Å². The predicted molar refractivity (Wildman–Crippen MR) is 301 cm³/mol. The predicted octanol–water partition coefficient (Wildman–Crippen LogP) is 1.28. The van der Waals surface area contributed by atoms with Gasteiger partial charge in [0, 0.05) is 81.7 Å². The van der Waals surface area contributed by atoms with Crippen LogP contribution < -0.4 is 48.4 Å². The second-order valence-corrected chi connectivity index (χ2v) is 19.9. The van der Waals surface area contributed by atoms with Crippen LogP contribution in [-0.2, 0) is 48.4 Å². The van der Waals surface area contributed by atoms with Crippen molar-refractivity contribution >= 4 is 105 Å². The Morgan fingerprint density at radius 1 is 0.926 bits per heavy atom. The van der Waals surface area contributed by atoms with E-state index in [9.17, 15) is 43.2 Å². The topological polar surface area (TPSA) is 405 Å². The first-order valence-corrected chi connectivity index (χ1v) is 26.6. The Bertz CT molecular complexity index is 3370. The first kappa shape index (κ1) is 61.1. The number of hydrogen-bond donors (Lipinski definition) is 8. The van der Waals surface area contributed by atoms with Gasteiger partial charge in [-0.25, -0.2) is 9.97 Å². The fourth-order valence-electron chi connectivity index (χ4n) is 8.61. The molecule has 1 fully saturated rings. The summed E-state index contributed by atoms with van der Waals surface area (Å²) in [6.07, 6.45) is 4.74. The van der Waals surface area contributed by atoms with Crippen molar-refractivity contribution in [2.75, 3.05) is 56.8 Å². The molecule has 81 heavy (non-hydrogen) atoms. The molecule has 1 saturated heterocycles. The number of rotatable bonds is 28. The summed E-state index contributed by atoms with van der Waals surface area (Å²) in [6.45, 7) is 9.09. The van der Waals surface area contributed by atoms with Gasteiger partial charge in [-0.3, -0.25) is 68.4 Å². The van der Waals surface area contributed by atoms with E-state index in [1.54, 1.807) is 48.1 Å². The minimum atomic E-state index is -1.24. The van der Waals surface area contributed by atoms with Crippen LogP contribution in [-0.4, -0.2) is 166 Å². The van der Waals surface area contributed by atoms with Gasteiger partial charge in [0.15, 0.2) is 0 Å². The number of nitrogens with two attached hydrogens (primary N) is 4. The van der Waals surface area contributed by atoms with Crippen LogP contribution in [0.5, 0.6) is 11.5 Å². The zero-order valence-corrected chi connectivity index (χ0v) is 46.6. The summed E-state index contributed by atoms with van der Waals surface area (Å²) in [5.74, 6) is -5.56. The van der Waals surface area contributed by atoms with Gasteiger partial charge in [-0.1, -0.05) is 12.2 Å². The maximum absolute atomic E-state index is 14.0. The molecule has 0 saturated carbocycles. The zero-order chi connectivity index (χ0) is 59.4. The van der Waals surface area contributed by atoms with Crippen molar-refractivity contribution in [3.05, 3.63) is 76.8 Å². The number of ether oxygens (including phenoxy) is 2. The number of fused-ring (bicyclic) bond motifs is 2. The Morgan fingerprint density at radius 3 is 2.10 bits per heavy atom. The molecule has 0 radical (unpaired) electrons. The summed E-state index contributed by atoms with van der Waals surface area (Å²) < 4.78 is 16.8. The van der Waals surface area contributed by atoms with Crippen molar-refractivity contribution in [2.45, 2.75) is 90.8 Å². The van der Waals surface area contributed by atoms with Gasteiger partial charge in [-0.15, -0.1) is 11.8 Å². The fourth-order valence-corrected chi connectivity index (χ4v) is 9.72. The molecule has 6 rings (SSSR count). The molecule has 8 amide bonds. The third-order valence-corrected chi connectivity index (χ3v) is 13.9. The molecule has 2 unspecified atom stereocenters.